The Bertz CT molecular complexity index is 1310. The van der Waals surface area contributed by atoms with Gasteiger partial charge in [0.05, 0.1) is 43.2 Å². The molecule has 1 aromatic rings. The third-order valence-electron chi connectivity index (χ3n) is 10.5. The van der Waals surface area contributed by atoms with Crippen molar-refractivity contribution in [2.24, 2.45) is 23.5 Å². The Kier molecular flexibility index (Phi) is 18.2. The Labute approximate surface area is 310 Å². The number of likely N-dealkylation sites (N-methyl/N-ethyl adjacent to an activating group) is 2. The molecule has 0 spiro atoms. The van der Waals surface area contributed by atoms with Crippen molar-refractivity contribution in [3.8, 4) is 0 Å². The fraction of sp³-hybridized carbons (Fsp3) is 0.711. The van der Waals surface area contributed by atoms with Gasteiger partial charge in [0.1, 0.15) is 18.1 Å². The summed E-state index contributed by atoms with van der Waals surface area (Å²) in [4.78, 5) is 71.9. The van der Waals surface area contributed by atoms with Crippen LogP contribution in [0.15, 0.2) is 30.3 Å². The number of methoxy groups -OCH3 is 2. The molecule has 5 N–H and O–H groups in total. The van der Waals surface area contributed by atoms with Gasteiger partial charge in [0.25, 0.3) is 0 Å². The van der Waals surface area contributed by atoms with E-state index in [9.17, 15) is 29.1 Å². The molecule has 5 amide bonds. The Morgan fingerprint density at radius 2 is 1.62 bits per heavy atom. The van der Waals surface area contributed by atoms with E-state index < -0.39 is 72.7 Å². The number of aliphatic hydroxyl groups is 1. The van der Waals surface area contributed by atoms with Gasteiger partial charge in [-0.3, -0.25) is 28.9 Å². The normalized spacial score (nSPS) is 19.2. The number of nitrogens with zero attached hydrogens (tertiary/aromatic N) is 3. The van der Waals surface area contributed by atoms with Crippen LogP contribution in [-0.2, 0) is 39.9 Å². The molecule has 1 aromatic carbocycles. The van der Waals surface area contributed by atoms with Gasteiger partial charge in [-0.25, -0.2) is 0 Å². The van der Waals surface area contributed by atoms with Crippen molar-refractivity contribution in [2.75, 3.05) is 48.5 Å². The van der Waals surface area contributed by atoms with E-state index in [0.717, 1.165) is 5.56 Å². The summed E-state index contributed by atoms with van der Waals surface area (Å²) < 4.78 is 11.8. The van der Waals surface area contributed by atoms with Gasteiger partial charge in [0, 0.05) is 34.2 Å². The smallest absolute Gasteiger partial charge is 0.245 e. The molecule has 1 aliphatic heterocycles. The van der Waals surface area contributed by atoms with Crippen molar-refractivity contribution in [1.82, 2.24) is 25.3 Å². The van der Waals surface area contributed by atoms with E-state index in [2.05, 4.69) is 10.6 Å². The fourth-order valence-corrected chi connectivity index (χ4v) is 7.14. The molecule has 0 bridgehead atoms. The Morgan fingerprint density at radius 1 is 0.981 bits per heavy atom. The number of benzene rings is 1. The van der Waals surface area contributed by atoms with Crippen molar-refractivity contribution in [3.63, 3.8) is 0 Å². The van der Waals surface area contributed by atoms with E-state index in [0.29, 0.717) is 25.8 Å². The average molecular weight is 733 g/mol. The molecule has 1 fully saturated rings. The summed E-state index contributed by atoms with van der Waals surface area (Å²) in [6.07, 6.45) is 0.916. The lowest BCUT2D eigenvalue weighted by molar-refractivity contribution is -0.148. The molecule has 294 valence electrons. The van der Waals surface area contributed by atoms with Crippen molar-refractivity contribution in [1.29, 1.82) is 0 Å². The number of ether oxygens (including phenoxy) is 2. The van der Waals surface area contributed by atoms with Gasteiger partial charge < -0.3 is 40.7 Å². The molecule has 1 saturated heterocycles. The zero-order valence-corrected chi connectivity index (χ0v) is 32.8. The van der Waals surface area contributed by atoms with Gasteiger partial charge in [-0.1, -0.05) is 71.4 Å². The SMILES string of the molecule is CC[C@H](C)[C@@H]([C@@H](CC(=O)N1CCCC1[C@H](OC)[C@@H](C)C(=O)NC(Cc1ccccc1)C(N)=O)OC)N(C)C(=O)C(NC(=O)C(CO)N(C)C)C(C)C. The molecule has 1 heterocycles. The predicted molar refractivity (Wildman–Crippen MR) is 199 cm³/mol. The number of carbonyl (C=O) groups excluding carboxylic acids is 5. The van der Waals surface area contributed by atoms with Crippen LogP contribution < -0.4 is 16.4 Å². The Hall–Kier alpha value is -3.59. The summed E-state index contributed by atoms with van der Waals surface area (Å²) in [5, 5.41) is 15.4. The maximum atomic E-state index is 14.1. The van der Waals surface area contributed by atoms with Crippen molar-refractivity contribution >= 4 is 29.5 Å². The minimum Gasteiger partial charge on any atom is -0.394 e. The fourth-order valence-electron chi connectivity index (χ4n) is 7.14. The second-order valence-electron chi connectivity index (χ2n) is 14.6. The molecule has 14 heteroatoms. The molecule has 0 radical (unpaired) electrons. The van der Waals surface area contributed by atoms with Crippen molar-refractivity contribution < 1.29 is 38.6 Å². The number of hydrogen-bond donors (Lipinski definition) is 4. The molecule has 1 aliphatic rings. The predicted octanol–water partition coefficient (Wildman–Crippen LogP) is 1.18. The highest BCUT2D eigenvalue weighted by Crippen LogP contribution is 2.29. The van der Waals surface area contributed by atoms with Gasteiger partial charge in [-0.2, -0.15) is 0 Å². The number of primary amides is 1. The number of hydrogen-bond acceptors (Lipinski definition) is 9. The van der Waals surface area contributed by atoms with E-state index in [-0.39, 0.29) is 36.5 Å². The molecule has 9 atom stereocenters. The standard InChI is InChI=1S/C38H64N6O8/c1-11-24(4)33(43(8)38(50)32(23(2)3)41-37(49)29(22-45)42(6)7)30(51-9)21-31(46)44-19-15-18-28(44)34(52-10)25(5)36(48)40-27(35(39)47)20-26-16-13-12-14-17-26/h12-14,16-17,23-25,27-30,32-34,45H,11,15,18-22H2,1-10H3,(H2,39,47)(H,40,48)(H,41,49)/t24-,25+,27?,28?,29?,30+,32?,33-,34+/m0/s1. The molecule has 14 nitrogen and oxygen atoms in total. The summed E-state index contributed by atoms with van der Waals surface area (Å²) in [7, 11) is 8.06. The maximum absolute atomic E-state index is 14.1. The number of rotatable bonds is 21. The number of amides is 5. The summed E-state index contributed by atoms with van der Waals surface area (Å²) in [5.41, 5.74) is 6.51. The van der Waals surface area contributed by atoms with E-state index in [1.165, 1.54) is 14.2 Å². The van der Waals surface area contributed by atoms with Crippen LogP contribution in [0.1, 0.15) is 65.9 Å². The molecule has 52 heavy (non-hydrogen) atoms. The van der Waals surface area contributed by atoms with Crippen molar-refractivity contribution in [3.05, 3.63) is 35.9 Å². The minimum absolute atomic E-state index is 0.0244. The van der Waals surface area contributed by atoms with Gasteiger partial charge >= 0.3 is 0 Å². The lowest BCUT2D eigenvalue weighted by atomic mass is 9.89. The van der Waals surface area contributed by atoms with Gasteiger partial charge in [0.15, 0.2) is 0 Å². The van der Waals surface area contributed by atoms with Crippen LogP contribution in [-0.4, -0.2) is 140 Å². The zero-order valence-electron chi connectivity index (χ0n) is 32.8. The van der Waals surface area contributed by atoms with Crippen LogP contribution in [0.3, 0.4) is 0 Å². The minimum atomic E-state index is -0.913. The highest BCUT2D eigenvalue weighted by atomic mass is 16.5. The molecular formula is C38H64N6O8. The molecule has 2 rings (SSSR count). The summed E-state index contributed by atoms with van der Waals surface area (Å²) >= 11 is 0. The Morgan fingerprint density at radius 3 is 2.12 bits per heavy atom. The zero-order chi connectivity index (χ0) is 39.3. The van der Waals surface area contributed by atoms with Gasteiger partial charge in [0.2, 0.25) is 29.5 Å². The second kappa shape index (κ2) is 21.2. The highest BCUT2D eigenvalue weighted by molar-refractivity contribution is 5.90. The van der Waals surface area contributed by atoms with Crippen LogP contribution in [0.4, 0.5) is 0 Å². The number of nitrogens with one attached hydrogen (secondary N) is 2. The molecule has 0 saturated carbocycles. The molecule has 0 aromatic heterocycles. The first-order valence-electron chi connectivity index (χ1n) is 18.4. The summed E-state index contributed by atoms with van der Waals surface area (Å²) in [6, 6.07) is 5.77. The number of likely N-dealkylation sites (tertiary alicyclic amines) is 1. The third-order valence-corrected chi connectivity index (χ3v) is 10.5. The number of aliphatic hydroxyl groups excluding tert-OH is 1. The van der Waals surface area contributed by atoms with Crippen LogP contribution in [0.5, 0.6) is 0 Å². The lowest BCUT2D eigenvalue weighted by Gasteiger charge is -2.41. The quantitative estimate of drug-likeness (QED) is 0.144. The second-order valence-corrected chi connectivity index (χ2v) is 14.6. The van der Waals surface area contributed by atoms with E-state index in [1.54, 1.807) is 42.8 Å². The first-order chi connectivity index (χ1) is 24.5. The summed E-state index contributed by atoms with van der Waals surface area (Å²) in [5.74, 6) is -3.05. The van der Waals surface area contributed by atoms with E-state index in [1.807, 2.05) is 58.0 Å². The van der Waals surface area contributed by atoms with Crippen molar-refractivity contribution in [2.45, 2.75) is 109 Å². The first-order valence-corrected chi connectivity index (χ1v) is 18.4. The summed E-state index contributed by atoms with van der Waals surface area (Å²) in [6.45, 7) is 9.47. The average Bonchev–Trinajstić information content (AvgIpc) is 3.59. The van der Waals surface area contributed by atoms with Crippen LogP contribution >= 0.6 is 0 Å². The largest absolute Gasteiger partial charge is 0.394 e. The van der Waals surface area contributed by atoms with E-state index >= 15 is 0 Å². The van der Waals surface area contributed by atoms with Crippen LogP contribution in [0.2, 0.25) is 0 Å². The number of carbonyl (C=O) groups is 5. The topological polar surface area (TPSA) is 184 Å². The maximum Gasteiger partial charge on any atom is 0.245 e. The van der Waals surface area contributed by atoms with E-state index in [4.69, 9.17) is 15.2 Å². The van der Waals surface area contributed by atoms with Gasteiger partial charge in [-0.05, 0) is 44.3 Å². The van der Waals surface area contributed by atoms with Crippen LogP contribution in [0.25, 0.3) is 0 Å². The third kappa shape index (κ3) is 11.7. The highest BCUT2D eigenvalue weighted by Gasteiger charge is 2.43. The molecule has 4 unspecified atom stereocenters. The monoisotopic (exact) mass is 732 g/mol. The first kappa shape index (κ1) is 44.6. The molecule has 0 aliphatic carbocycles. The van der Waals surface area contributed by atoms with Crippen LogP contribution in [0, 0.1) is 17.8 Å². The van der Waals surface area contributed by atoms with Gasteiger partial charge in [-0.15, -0.1) is 0 Å². The molecular weight excluding hydrogens is 668 g/mol. The Balaban J connectivity index is 2.26. The lowest BCUT2D eigenvalue weighted by Crippen LogP contribution is -2.59. The number of nitrogens with two attached hydrogens (primary N) is 1.